The maximum atomic E-state index is 5.65. The van der Waals surface area contributed by atoms with Crippen molar-refractivity contribution in [2.24, 2.45) is 0 Å². The van der Waals surface area contributed by atoms with Crippen LogP contribution < -0.4 is 0 Å². The summed E-state index contributed by atoms with van der Waals surface area (Å²) in [6.45, 7) is 9.65. The lowest BCUT2D eigenvalue weighted by atomic mass is 10.6. The first kappa shape index (κ1) is 14.4. The van der Waals surface area contributed by atoms with Gasteiger partial charge in [0.1, 0.15) is 0 Å². The molecule has 0 heterocycles. The minimum absolute atomic E-state index is 0.0395. The molecule has 3 nitrogen and oxygen atoms in total. The molecule has 0 amide bonds. The summed E-state index contributed by atoms with van der Waals surface area (Å²) in [5.41, 5.74) is 0. The molecular weight excluding hydrogens is 216 g/mol. The second kappa shape index (κ2) is 7.70. The molecule has 0 aromatic rings. The summed E-state index contributed by atoms with van der Waals surface area (Å²) >= 11 is 5.36. The molecule has 0 saturated heterocycles. The highest BCUT2D eigenvalue weighted by Crippen LogP contribution is 2.21. The molecule has 1 unspecified atom stereocenters. The lowest BCUT2D eigenvalue weighted by Gasteiger charge is -2.31. The fourth-order valence-corrected chi connectivity index (χ4v) is 4.38. The van der Waals surface area contributed by atoms with Crippen molar-refractivity contribution in [2.75, 3.05) is 19.8 Å². The fourth-order valence-electron chi connectivity index (χ4n) is 1.26. The summed E-state index contributed by atoms with van der Waals surface area (Å²) < 4.78 is 17.0. The molecule has 0 saturated carbocycles. The summed E-state index contributed by atoms with van der Waals surface area (Å²) in [5, 5.41) is 0. The van der Waals surface area contributed by atoms with Crippen LogP contribution in [0, 0.1) is 0 Å². The van der Waals surface area contributed by atoms with E-state index in [9.17, 15) is 0 Å². The van der Waals surface area contributed by atoms with E-state index in [0.29, 0.717) is 19.8 Å². The fraction of sp³-hybridized carbons (Fsp3) is 1.00. The first-order chi connectivity index (χ1) is 6.66. The van der Waals surface area contributed by atoms with Gasteiger partial charge in [0.15, 0.2) is 0 Å². The standard InChI is InChI=1S/C9H21O3SSi/c1-5-9(13)14(10-6-2,11-7-3)12-8-4/h9H,5-8H2,1-4H3. The van der Waals surface area contributed by atoms with Crippen molar-refractivity contribution >= 4 is 21.4 Å². The van der Waals surface area contributed by atoms with Crippen LogP contribution in [0.1, 0.15) is 34.1 Å². The zero-order chi connectivity index (χ0) is 11.0. The van der Waals surface area contributed by atoms with E-state index < -0.39 is 8.80 Å². The summed E-state index contributed by atoms with van der Waals surface area (Å²) in [7, 11) is -2.58. The molecule has 0 bridgehead atoms. The topological polar surface area (TPSA) is 27.7 Å². The van der Waals surface area contributed by atoms with Crippen molar-refractivity contribution in [3.63, 3.8) is 0 Å². The van der Waals surface area contributed by atoms with Crippen molar-refractivity contribution in [2.45, 2.75) is 39.0 Å². The van der Waals surface area contributed by atoms with Gasteiger partial charge in [-0.1, -0.05) is 19.6 Å². The Labute approximate surface area is 93.9 Å². The first-order valence-electron chi connectivity index (χ1n) is 5.24. The maximum Gasteiger partial charge on any atom is 0.515 e. The summed E-state index contributed by atoms with van der Waals surface area (Å²) in [4.78, 5) is -0.0395. The van der Waals surface area contributed by atoms with Crippen molar-refractivity contribution in [3.8, 4) is 0 Å². The van der Waals surface area contributed by atoms with Crippen LogP contribution in [-0.2, 0) is 13.3 Å². The minimum Gasteiger partial charge on any atom is -0.373 e. The average molecular weight is 237 g/mol. The molecule has 0 fully saturated rings. The number of rotatable bonds is 8. The molecule has 0 spiro atoms. The Kier molecular flexibility index (Phi) is 7.95. The van der Waals surface area contributed by atoms with Crippen molar-refractivity contribution in [1.29, 1.82) is 0 Å². The van der Waals surface area contributed by atoms with Gasteiger partial charge >= 0.3 is 8.80 Å². The van der Waals surface area contributed by atoms with E-state index in [1.54, 1.807) is 0 Å². The van der Waals surface area contributed by atoms with Gasteiger partial charge in [0.05, 0.1) is 4.87 Å². The third kappa shape index (κ3) is 3.90. The first-order valence-corrected chi connectivity index (χ1v) is 7.51. The van der Waals surface area contributed by atoms with Crippen LogP contribution in [-0.4, -0.2) is 33.5 Å². The SMILES string of the molecule is CCO[Si](OCC)(OCC)C([S])CC. The normalized spacial score (nSPS) is 14.4. The Morgan fingerprint density at radius 3 is 1.50 bits per heavy atom. The molecule has 0 aliphatic heterocycles. The van der Waals surface area contributed by atoms with Crippen LogP contribution in [0.4, 0.5) is 0 Å². The minimum atomic E-state index is -2.58. The zero-order valence-corrected chi connectivity index (χ0v) is 11.4. The lowest BCUT2D eigenvalue weighted by Crippen LogP contribution is -2.54. The maximum absolute atomic E-state index is 5.65. The lowest BCUT2D eigenvalue weighted by molar-refractivity contribution is 0.0694. The Morgan fingerprint density at radius 1 is 0.929 bits per heavy atom. The van der Waals surface area contributed by atoms with Crippen molar-refractivity contribution in [1.82, 2.24) is 0 Å². The second-order valence-corrected chi connectivity index (χ2v) is 6.56. The van der Waals surface area contributed by atoms with E-state index in [2.05, 4.69) is 0 Å². The molecule has 1 radical (unpaired) electrons. The Balaban J connectivity index is 4.53. The molecule has 0 aliphatic rings. The van der Waals surface area contributed by atoms with Crippen LogP contribution in [0.25, 0.3) is 0 Å². The van der Waals surface area contributed by atoms with Gasteiger partial charge < -0.3 is 13.3 Å². The smallest absolute Gasteiger partial charge is 0.373 e. The van der Waals surface area contributed by atoms with Gasteiger partial charge in [-0.05, 0) is 27.2 Å². The Bertz CT molecular complexity index is 129. The quantitative estimate of drug-likeness (QED) is 0.607. The van der Waals surface area contributed by atoms with Crippen LogP contribution in [0.5, 0.6) is 0 Å². The van der Waals surface area contributed by atoms with E-state index in [1.165, 1.54) is 0 Å². The Hall–Kier alpha value is 0.447. The van der Waals surface area contributed by atoms with E-state index >= 15 is 0 Å². The summed E-state index contributed by atoms with van der Waals surface area (Å²) in [6.07, 6.45) is 0.849. The van der Waals surface area contributed by atoms with Gasteiger partial charge in [-0.3, -0.25) is 0 Å². The van der Waals surface area contributed by atoms with Gasteiger partial charge in [0.25, 0.3) is 0 Å². The zero-order valence-electron chi connectivity index (χ0n) is 9.54. The average Bonchev–Trinajstić information content (AvgIpc) is 2.17. The second-order valence-electron chi connectivity index (χ2n) is 2.80. The monoisotopic (exact) mass is 237 g/mol. The van der Waals surface area contributed by atoms with Gasteiger partial charge in [0, 0.05) is 19.8 Å². The predicted molar refractivity (Wildman–Crippen MR) is 62.3 cm³/mol. The summed E-state index contributed by atoms with van der Waals surface area (Å²) in [6, 6.07) is 0. The highest BCUT2D eigenvalue weighted by atomic mass is 32.1. The molecule has 0 aliphatic carbocycles. The third-order valence-corrected chi connectivity index (χ3v) is 6.27. The molecule has 85 valence electrons. The van der Waals surface area contributed by atoms with Crippen LogP contribution >= 0.6 is 12.6 Å². The molecule has 0 N–H and O–H groups in total. The molecule has 0 rings (SSSR count). The third-order valence-electron chi connectivity index (χ3n) is 1.80. The molecule has 0 aromatic carbocycles. The van der Waals surface area contributed by atoms with E-state index in [0.717, 1.165) is 6.42 Å². The molecule has 0 aromatic heterocycles. The molecular formula is C9H21O3SSi. The number of hydrogen-bond acceptors (Lipinski definition) is 3. The van der Waals surface area contributed by atoms with Gasteiger partial charge in [-0.2, -0.15) is 0 Å². The molecule has 14 heavy (non-hydrogen) atoms. The van der Waals surface area contributed by atoms with Crippen LogP contribution in [0.2, 0.25) is 0 Å². The van der Waals surface area contributed by atoms with Gasteiger partial charge in [0.2, 0.25) is 0 Å². The number of hydrogen-bond donors (Lipinski definition) is 0. The van der Waals surface area contributed by atoms with Gasteiger partial charge in [-0.25, -0.2) is 0 Å². The van der Waals surface area contributed by atoms with E-state index in [-0.39, 0.29) is 4.87 Å². The van der Waals surface area contributed by atoms with Crippen molar-refractivity contribution in [3.05, 3.63) is 0 Å². The van der Waals surface area contributed by atoms with Gasteiger partial charge in [-0.15, -0.1) is 0 Å². The largest absolute Gasteiger partial charge is 0.515 e. The summed E-state index contributed by atoms with van der Waals surface area (Å²) in [5.74, 6) is 0. The Morgan fingerprint density at radius 2 is 1.29 bits per heavy atom. The van der Waals surface area contributed by atoms with Crippen LogP contribution in [0.15, 0.2) is 0 Å². The van der Waals surface area contributed by atoms with Crippen molar-refractivity contribution < 1.29 is 13.3 Å². The highest BCUT2D eigenvalue weighted by molar-refractivity contribution is 7.83. The van der Waals surface area contributed by atoms with E-state index in [1.807, 2.05) is 27.7 Å². The molecule has 1 atom stereocenters. The van der Waals surface area contributed by atoms with Crippen LogP contribution in [0.3, 0.4) is 0 Å². The van der Waals surface area contributed by atoms with E-state index in [4.69, 9.17) is 25.9 Å². The predicted octanol–water partition coefficient (Wildman–Crippen LogP) is 2.55. The molecule has 5 heteroatoms. The highest BCUT2D eigenvalue weighted by Gasteiger charge is 2.47.